The van der Waals surface area contributed by atoms with Crippen molar-refractivity contribution in [1.29, 1.82) is 0 Å². The van der Waals surface area contributed by atoms with Gasteiger partial charge in [-0.1, -0.05) is 50.6 Å². The van der Waals surface area contributed by atoms with Crippen molar-refractivity contribution in [1.82, 2.24) is 0 Å². The van der Waals surface area contributed by atoms with Gasteiger partial charge in [0.05, 0.1) is 31.5 Å². The van der Waals surface area contributed by atoms with Gasteiger partial charge in [0.1, 0.15) is 17.8 Å². The quantitative estimate of drug-likeness (QED) is 0.319. The van der Waals surface area contributed by atoms with Crippen LogP contribution in [0.5, 0.6) is 0 Å². The standard InChI is InChI=1S/C29H42O9/c1-6-17(2)13-22-20-15-35-27(33)26(32)18(3)11-12-34-21(19(4)30)9-7-8-10-25(31)38-23-14-24(37-22)29(16-36-29)28(20,23)5/h7-10,13,18-24,26,30,32H,6,11-12,14-16H2,1-5H3/b9-7-,10-8-,17-13+/t18-,19-,20-,21+,22-,23-,24-,26-,28+,29+/m0/s1. The third-order valence-electron chi connectivity index (χ3n) is 8.93. The summed E-state index contributed by atoms with van der Waals surface area (Å²) in [5.41, 5.74) is -0.140. The molecule has 2 N–H and O–H groups in total. The molecule has 0 unspecified atom stereocenters. The number of epoxide rings is 1. The lowest BCUT2D eigenvalue weighted by molar-refractivity contribution is -0.187. The van der Waals surface area contributed by atoms with E-state index in [4.69, 9.17) is 23.7 Å². The van der Waals surface area contributed by atoms with Crippen LogP contribution in [0, 0.1) is 17.3 Å². The SMILES string of the molecule is CC/C(C)=C/[C@@H]1O[C@H]2C[C@@H]3OC(=O)/C=C\C=C/[C@H]([C@H](C)O)OCC[C@H](C)[C@H](O)C(=O)OC[C@@H]1[C@@]3(C)[C@@]21CO1. The van der Waals surface area contributed by atoms with E-state index in [0.717, 1.165) is 12.0 Å². The molecule has 4 aliphatic rings. The summed E-state index contributed by atoms with van der Waals surface area (Å²) in [7, 11) is 0. The minimum absolute atomic E-state index is 0.0116. The van der Waals surface area contributed by atoms with Crippen LogP contribution in [0.1, 0.15) is 53.9 Å². The van der Waals surface area contributed by atoms with Crippen molar-refractivity contribution >= 4 is 11.9 Å². The number of hydrogen-bond acceptors (Lipinski definition) is 9. The maximum absolute atomic E-state index is 12.9. The van der Waals surface area contributed by atoms with Gasteiger partial charge in [-0.3, -0.25) is 0 Å². The summed E-state index contributed by atoms with van der Waals surface area (Å²) in [6.07, 6.45) is 6.12. The number of carbonyl (C=O) groups is 2. The van der Waals surface area contributed by atoms with Crippen LogP contribution in [-0.2, 0) is 33.3 Å². The van der Waals surface area contributed by atoms with E-state index in [2.05, 4.69) is 13.0 Å². The summed E-state index contributed by atoms with van der Waals surface area (Å²) in [5, 5.41) is 20.7. The number of aliphatic hydroxyl groups excluding tert-OH is 2. The highest BCUT2D eigenvalue weighted by molar-refractivity contribution is 5.82. The lowest BCUT2D eigenvalue weighted by Crippen LogP contribution is -2.59. The fourth-order valence-electron chi connectivity index (χ4n) is 6.04. The van der Waals surface area contributed by atoms with Gasteiger partial charge in [-0.15, -0.1) is 0 Å². The van der Waals surface area contributed by atoms with Crippen LogP contribution in [0.2, 0.25) is 0 Å². The molecule has 0 amide bonds. The molecule has 10 atom stereocenters. The van der Waals surface area contributed by atoms with E-state index in [9.17, 15) is 19.8 Å². The molecular weight excluding hydrogens is 492 g/mol. The van der Waals surface area contributed by atoms with Crippen molar-refractivity contribution in [3.05, 3.63) is 36.0 Å². The molecule has 9 nitrogen and oxygen atoms in total. The van der Waals surface area contributed by atoms with Gasteiger partial charge in [0.25, 0.3) is 0 Å². The van der Waals surface area contributed by atoms with Crippen LogP contribution in [0.25, 0.3) is 0 Å². The van der Waals surface area contributed by atoms with Crippen molar-refractivity contribution in [2.45, 2.75) is 96.1 Å². The first-order valence-electron chi connectivity index (χ1n) is 13.7. The van der Waals surface area contributed by atoms with E-state index in [1.54, 1.807) is 32.1 Å². The molecule has 1 saturated carbocycles. The van der Waals surface area contributed by atoms with Crippen LogP contribution in [0.15, 0.2) is 36.0 Å². The third kappa shape index (κ3) is 5.49. The van der Waals surface area contributed by atoms with Crippen molar-refractivity contribution in [2.24, 2.45) is 17.3 Å². The zero-order chi connectivity index (χ0) is 27.7. The molecule has 0 aromatic carbocycles. The Kier molecular flexibility index (Phi) is 8.84. The average Bonchev–Trinajstić information content (AvgIpc) is 3.66. The van der Waals surface area contributed by atoms with Gasteiger partial charge in [0.15, 0.2) is 6.10 Å². The largest absolute Gasteiger partial charge is 0.463 e. The first-order chi connectivity index (χ1) is 18.0. The molecule has 0 aromatic rings. The van der Waals surface area contributed by atoms with E-state index in [-0.39, 0.29) is 31.3 Å². The number of allylic oxidation sites excluding steroid dienone is 3. The molecule has 4 rings (SSSR count). The summed E-state index contributed by atoms with van der Waals surface area (Å²) < 4.78 is 30.0. The Balaban J connectivity index is 1.67. The van der Waals surface area contributed by atoms with Crippen LogP contribution in [0.4, 0.5) is 0 Å². The molecule has 1 aliphatic carbocycles. The molecular formula is C29H42O9. The predicted molar refractivity (Wildman–Crippen MR) is 138 cm³/mol. The number of esters is 2. The van der Waals surface area contributed by atoms with Gasteiger partial charge in [0, 0.05) is 30.4 Å². The van der Waals surface area contributed by atoms with Gasteiger partial charge in [-0.2, -0.15) is 0 Å². The highest BCUT2D eigenvalue weighted by Crippen LogP contribution is 2.65. The minimum Gasteiger partial charge on any atom is -0.463 e. The first kappa shape index (κ1) is 29.0. The Morgan fingerprint density at radius 3 is 2.66 bits per heavy atom. The molecule has 3 aliphatic heterocycles. The number of cyclic esters (lactones) is 1. The van der Waals surface area contributed by atoms with Gasteiger partial charge in [-0.25, -0.2) is 9.59 Å². The minimum atomic E-state index is -1.33. The smallest absolute Gasteiger partial charge is 0.335 e. The highest BCUT2D eigenvalue weighted by atomic mass is 16.6. The Labute approximate surface area is 224 Å². The summed E-state index contributed by atoms with van der Waals surface area (Å²) in [6.45, 7) is 10.2. The second-order valence-corrected chi connectivity index (χ2v) is 11.3. The molecule has 0 aromatic heterocycles. The van der Waals surface area contributed by atoms with Gasteiger partial charge >= 0.3 is 11.9 Å². The monoisotopic (exact) mass is 534 g/mol. The number of hydrogen-bond donors (Lipinski definition) is 2. The van der Waals surface area contributed by atoms with E-state index < -0.39 is 53.3 Å². The summed E-state index contributed by atoms with van der Waals surface area (Å²) in [6, 6.07) is 0. The second kappa shape index (κ2) is 11.6. The fraction of sp³-hybridized carbons (Fsp3) is 0.724. The number of ether oxygens (including phenoxy) is 5. The number of carbonyl (C=O) groups excluding carboxylic acids is 2. The van der Waals surface area contributed by atoms with Crippen LogP contribution >= 0.6 is 0 Å². The van der Waals surface area contributed by atoms with Crippen molar-refractivity contribution < 1.29 is 43.5 Å². The van der Waals surface area contributed by atoms with Gasteiger partial charge < -0.3 is 33.9 Å². The van der Waals surface area contributed by atoms with Gasteiger partial charge in [0.2, 0.25) is 0 Å². The lowest BCUT2D eigenvalue weighted by Gasteiger charge is -2.48. The van der Waals surface area contributed by atoms with Crippen LogP contribution in [-0.4, -0.2) is 84.2 Å². The zero-order valence-electron chi connectivity index (χ0n) is 23.0. The number of rotatable bonds is 3. The first-order valence-corrected chi connectivity index (χ1v) is 13.7. The predicted octanol–water partition coefficient (Wildman–Crippen LogP) is 2.64. The van der Waals surface area contributed by atoms with Crippen LogP contribution in [0.3, 0.4) is 0 Å². The molecule has 2 bridgehead atoms. The van der Waals surface area contributed by atoms with Crippen molar-refractivity contribution in [2.75, 3.05) is 19.8 Å². The van der Waals surface area contributed by atoms with Crippen molar-refractivity contribution in [3.8, 4) is 0 Å². The fourth-order valence-corrected chi connectivity index (χ4v) is 6.04. The summed E-state index contributed by atoms with van der Waals surface area (Å²) >= 11 is 0. The van der Waals surface area contributed by atoms with E-state index in [0.29, 0.717) is 19.4 Å². The highest BCUT2D eigenvalue weighted by Gasteiger charge is 2.78. The van der Waals surface area contributed by atoms with Crippen LogP contribution < -0.4 is 0 Å². The van der Waals surface area contributed by atoms with Crippen molar-refractivity contribution in [3.63, 3.8) is 0 Å². The molecule has 1 spiro atoms. The average molecular weight is 535 g/mol. The molecule has 3 fully saturated rings. The van der Waals surface area contributed by atoms with Gasteiger partial charge in [-0.05, 0) is 32.6 Å². The molecule has 3 heterocycles. The molecule has 2 saturated heterocycles. The lowest BCUT2D eigenvalue weighted by atomic mass is 9.64. The Bertz CT molecular complexity index is 965. The zero-order valence-corrected chi connectivity index (χ0v) is 23.0. The maximum atomic E-state index is 12.9. The van der Waals surface area contributed by atoms with E-state index >= 15 is 0 Å². The maximum Gasteiger partial charge on any atom is 0.335 e. The van der Waals surface area contributed by atoms with E-state index in [1.165, 1.54) is 6.08 Å². The molecule has 38 heavy (non-hydrogen) atoms. The Morgan fingerprint density at radius 1 is 1.26 bits per heavy atom. The molecule has 0 radical (unpaired) electrons. The number of aliphatic hydroxyl groups is 2. The third-order valence-corrected chi connectivity index (χ3v) is 8.93. The van der Waals surface area contributed by atoms with E-state index in [1.807, 2.05) is 13.8 Å². The molecule has 212 valence electrons. The molecule has 9 heteroatoms. The Morgan fingerprint density at radius 2 is 2.00 bits per heavy atom. The topological polar surface area (TPSA) is 124 Å². The summed E-state index contributed by atoms with van der Waals surface area (Å²) in [5.74, 6) is -1.99. The normalized spacial score (nSPS) is 44.9. The second-order valence-electron chi connectivity index (χ2n) is 11.3. The summed E-state index contributed by atoms with van der Waals surface area (Å²) in [4.78, 5) is 25.8. The Hall–Kier alpha value is -2.04.